The molecule has 7 heteroatoms. The van der Waals surface area contributed by atoms with Crippen molar-refractivity contribution >= 4 is 21.7 Å². The number of hydrogen-bond acceptors (Lipinski definition) is 3. The van der Waals surface area contributed by atoms with Gasteiger partial charge in [0.15, 0.2) is 0 Å². The summed E-state index contributed by atoms with van der Waals surface area (Å²) in [5.74, 6) is 0.236. The van der Waals surface area contributed by atoms with Gasteiger partial charge in [0, 0.05) is 6.54 Å². The normalized spacial score (nSPS) is 11.7. The van der Waals surface area contributed by atoms with E-state index in [0.29, 0.717) is 29.0 Å². The smallest absolute Gasteiger partial charge is 0.369 e. The molecule has 0 saturated carbocycles. The minimum absolute atomic E-state index is 0.190. The van der Waals surface area contributed by atoms with Crippen molar-refractivity contribution in [1.82, 2.24) is 9.97 Å². The Labute approximate surface area is 112 Å². The van der Waals surface area contributed by atoms with Crippen molar-refractivity contribution in [2.75, 3.05) is 11.9 Å². The van der Waals surface area contributed by atoms with Crippen molar-refractivity contribution in [3.63, 3.8) is 0 Å². The first-order valence-corrected chi connectivity index (χ1v) is 6.52. The largest absolute Gasteiger partial charge is 0.396 e. The van der Waals surface area contributed by atoms with Crippen molar-refractivity contribution in [3.05, 3.63) is 16.0 Å². The van der Waals surface area contributed by atoms with Gasteiger partial charge in [0.05, 0.1) is 10.2 Å². The van der Waals surface area contributed by atoms with E-state index in [9.17, 15) is 13.2 Å². The van der Waals surface area contributed by atoms with Crippen LogP contribution in [0, 0.1) is 0 Å². The molecule has 0 radical (unpaired) electrons. The highest BCUT2D eigenvalue weighted by Crippen LogP contribution is 2.27. The molecule has 1 N–H and O–H groups in total. The minimum atomic E-state index is -4.29. The standard InChI is InChI=1S/C11H15BrF3N3/c1-3-5-7-9(12)10(16-4-2)18-8(17-7)6-11(13,14)15/h3-6H2,1-2H3,(H,16,17,18). The lowest BCUT2D eigenvalue weighted by Crippen LogP contribution is -2.16. The van der Waals surface area contributed by atoms with Gasteiger partial charge in [-0.15, -0.1) is 0 Å². The molecule has 18 heavy (non-hydrogen) atoms. The summed E-state index contributed by atoms with van der Waals surface area (Å²) < 4.78 is 37.7. The fraction of sp³-hybridized carbons (Fsp3) is 0.636. The third-order valence-corrected chi connectivity index (χ3v) is 2.99. The zero-order valence-electron chi connectivity index (χ0n) is 10.2. The Hall–Kier alpha value is -0.850. The molecular formula is C11H15BrF3N3. The average Bonchev–Trinajstić information content (AvgIpc) is 2.23. The lowest BCUT2D eigenvalue weighted by atomic mass is 10.2. The number of aryl methyl sites for hydroxylation is 1. The molecule has 0 aliphatic heterocycles. The maximum atomic E-state index is 12.4. The van der Waals surface area contributed by atoms with Crippen LogP contribution < -0.4 is 5.32 Å². The van der Waals surface area contributed by atoms with E-state index in [1.165, 1.54) is 0 Å². The Morgan fingerprint density at radius 3 is 2.39 bits per heavy atom. The molecule has 0 fully saturated rings. The highest BCUT2D eigenvalue weighted by molar-refractivity contribution is 9.10. The molecular weight excluding hydrogens is 311 g/mol. The molecule has 0 amide bonds. The second-order valence-corrected chi connectivity index (χ2v) is 4.61. The molecule has 0 bridgehead atoms. The zero-order valence-corrected chi connectivity index (χ0v) is 11.8. The summed E-state index contributed by atoms with van der Waals surface area (Å²) in [6.45, 7) is 4.40. The summed E-state index contributed by atoms with van der Waals surface area (Å²) >= 11 is 3.33. The lowest BCUT2D eigenvalue weighted by molar-refractivity contribution is -0.128. The Morgan fingerprint density at radius 1 is 1.22 bits per heavy atom. The van der Waals surface area contributed by atoms with Gasteiger partial charge >= 0.3 is 6.18 Å². The summed E-state index contributed by atoms with van der Waals surface area (Å²) in [6, 6.07) is 0. The summed E-state index contributed by atoms with van der Waals surface area (Å²) in [5, 5.41) is 2.94. The van der Waals surface area contributed by atoms with Crippen LogP contribution in [0.2, 0.25) is 0 Å². The van der Waals surface area contributed by atoms with Gasteiger partial charge in [0.2, 0.25) is 0 Å². The van der Waals surface area contributed by atoms with Crippen LogP contribution in [0.25, 0.3) is 0 Å². The molecule has 1 rings (SSSR count). The molecule has 102 valence electrons. The number of anilines is 1. The van der Waals surface area contributed by atoms with Gasteiger partial charge < -0.3 is 5.32 Å². The Balaban J connectivity index is 3.11. The van der Waals surface area contributed by atoms with Crippen LogP contribution in [0.1, 0.15) is 31.8 Å². The van der Waals surface area contributed by atoms with E-state index in [2.05, 4.69) is 31.2 Å². The number of nitrogens with zero attached hydrogens (tertiary/aromatic N) is 2. The monoisotopic (exact) mass is 325 g/mol. The summed E-state index contributed by atoms with van der Waals surface area (Å²) in [7, 11) is 0. The number of halogens is 4. The first kappa shape index (κ1) is 15.2. The number of hydrogen-bond donors (Lipinski definition) is 1. The quantitative estimate of drug-likeness (QED) is 0.896. The van der Waals surface area contributed by atoms with Gasteiger partial charge in [-0.25, -0.2) is 9.97 Å². The van der Waals surface area contributed by atoms with E-state index in [4.69, 9.17) is 0 Å². The van der Waals surface area contributed by atoms with Crippen LogP contribution in [-0.2, 0) is 12.8 Å². The maximum absolute atomic E-state index is 12.4. The van der Waals surface area contributed by atoms with E-state index < -0.39 is 12.6 Å². The molecule has 0 aromatic carbocycles. The highest BCUT2D eigenvalue weighted by atomic mass is 79.9. The van der Waals surface area contributed by atoms with E-state index in [-0.39, 0.29) is 5.82 Å². The molecule has 3 nitrogen and oxygen atoms in total. The van der Waals surface area contributed by atoms with E-state index in [0.717, 1.165) is 6.42 Å². The van der Waals surface area contributed by atoms with Gasteiger partial charge in [-0.1, -0.05) is 13.3 Å². The van der Waals surface area contributed by atoms with Crippen LogP contribution in [0.5, 0.6) is 0 Å². The molecule has 1 aromatic heterocycles. The Kier molecular flexibility index (Phi) is 5.37. The molecule has 0 atom stereocenters. The van der Waals surface area contributed by atoms with E-state index >= 15 is 0 Å². The molecule has 1 aromatic rings. The summed E-state index contributed by atoms with van der Waals surface area (Å²) in [6.07, 6.45) is -3.96. The van der Waals surface area contributed by atoms with Crippen molar-refractivity contribution < 1.29 is 13.2 Å². The molecule has 0 aliphatic carbocycles. The van der Waals surface area contributed by atoms with Crippen molar-refractivity contribution in [3.8, 4) is 0 Å². The first-order chi connectivity index (χ1) is 8.37. The summed E-state index contributed by atoms with van der Waals surface area (Å²) in [4.78, 5) is 7.87. The fourth-order valence-corrected chi connectivity index (χ4v) is 2.01. The predicted molar refractivity (Wildman–Crippen MR) is 67.6 cm³/mol. The van der Waals surface area contributed by atoms with Gasteiger partial charge in [-0.05, 0) is 29.3 Å². The van der Waals surface area contributed by atoms with Crippen LogP contribution in [0.4, 0.5) is 19.0 Å². The first-order valence-electron chi connectivity index (χ1n) is 5.73. The van der Waals surface area contributed by atoms with Crippen LogP contribution in [0.3, 0.4) is 0 Å². The van der Waals surface area contributed by atoms with Crippen LogP contribution in [0.15, 0.2) is 4.47 Å². The average molecular weight is 326 g/mol. The molecule has 0 unspecified atom stereocenters. The Bertz CT molecular complexity index is 380. The Morgan fingerprint density at radius 2 is 1.89 bits per heavy atom. The minimum Gasteiger partial charge on any atom is -0.369 e. The molecule has 1 heterocycles. The number of aromatic nitrogens is 2. The predicted octanol–water partition coefficient (Wildman–Crippen LogP) is 3.73. The van der Waals surface area contributed by atoms with Crippen molar-refractivity contribution in [2.45, 2.75) is 39.3 Å². The van der Waals surface area contributed by atoms with Crippen LogP contribution >= 0.6 is 15.9 Å². The van der Waals surface area contributed by atoms with Gasteiger partial charge in [-0.3, -0.25) is 0 Å². The zero-order chi connectivity index (χ0) is 13.8. The van der Waals surface area contributed by atoms with Gasteiger partial charge in [0.1, 0.15) is 18.1 Å². The van der Waals surface area contributed by atoms with Gasteiger partial charge in [-0.2, -0.15) is 13.2 Å². The van der Waals surface area contributed by atoms with E-state index in [1.54, 1.807) is 0 Å². The number of rotatable bonds is 5. The van der Waals surface area contributed by atoms with E-state index in [1.807, 2.05) is 13.8 Å². The molecule has 0 spiro atoms. The van der Waals surface area contributed by atoms with Crippen LogP contribution in [-0.4, -0.2) is 22.7 Å². The third-order valence-electron chi connectivity index (χ3n) is 2.16. The second-order valence-electron chi connectivity index (χ2n) is 3.82. The fourth-order valence-electron chi connectivity index (χ4n) is 1.49. The van der Waals surface area contributed by atoms with Gasteiger partial charge in [0.25, 0.3) is 0 Å². The molecule has 0 aliphatic rings. The van der Waals surface area contributed by atoms with Crippen molar-refractivity contribution in [1.29, 1.82) is 0 Å². The third kappa shape index (κ3) is 4.44. The maximum Gasteiger partial charge on any atom is 0.396 e. The summed E-state index contributed by atoms with van der Waals surface area (Å²) in [5.41, 5.74) is 0.614. The lowest BCUT2D eigenvalue weighted by Gasteiger charge is -2.12. The SMILES string of the molecule is CCCc1nc(CC(F)(F)F)nc(NCC)c1Br. The number of alkyl halides is 3. The highest BCUT2D eigenvalue weighted by Gasteiger charge is 2.30. The topological polar surface area (TPSA) is 37.8 Å². The second kappa shape index (κ2) is 6.36. The molecule has 0 saturated heterocycles. The number of nitrogens with one attached hydrogen (secondary N) is 1. The van der Waals surface area contributed by atoms with Crippen molar-refractivity contribution in [2.24, 2.45) is 0 Å².